The fourth-order valence-electron chi connectivity index (χ4n) is 2.67. The van der Waals surface area contributed by atoms with E-state index in [1.54, 1.807) is 6.92 Å². The number of rotatable bonds is 7. The molecular formula is C15H16Cl3F2N3O3S. The maximum atomic E-state index is 13.2. The number of thiophene rings is 1. The van der Waals surface area contributed by atoms with Crippen molar-refractivity contribution < 1.29 is 23.1 Å². The van der Waals surface area contributed by atoms with E-state index in [0.29, 0.717) is 9.90 Å². The minimum atomic E-state index is -2.92. The van der Waals surface area contributed by atoms with Crippen LogP contribution in [0.5, 0.6) is 0 Å². The first kappa shape index (κ1) is 22.3. The van der Waals surface area contributed by atoms with E-state index in [-0.39, 0.29) is 14.9 Å². The molecule has 0 saturated heterocycles. The zero-order chi connectivity index (χ0) is 20.5. The van der Waals surface area contributed by atoms with Crippen LogP contribution in [-0.2, 0) is 16.6 Å². The second kappa shape index (κ2) is 9.02. The van der Waals surface area contributed by atoms with Gasteiger partial charge in [0.2, 0.25) is 0 Å². The highest BCUT2D eigenvalue weighted by Crippen LogP contribution is 2.45. The highest BCUT2D eigenvalue weighted by molar-refractivity contribution is 7.20. The number of carbonyl (C=O) groups is 1. The molecule has 0 aliphatic carbocycles. The van der Waals surface area contributed by atoms with E-state index in [2.05, 4.69) is 5.10 Å². The van der Waals surface area contributed by atoms with Gasteiger partial charge in [0.25, 0.3) is 12.3 Å². The maximum absolute atomic E-state index is 13.2. The smallest absolute Gasteiger partial charge is 0.282 e. The average Bonchev–Trinajstić information content (AvgIpc) is 3.11. The number of nitrogens with zero attached hydrogens (tertiary/aromatic N) is 3. The lowest BCUT2D eigenvalue weighted by Gasteiger charge is -2.32. The van der Waals surface area contributed by atoms with Crippen LogP contribution in [-0.4, -0.2) is 41.0 Å². The van der Waals surface area contributed by atoms with Gasteiger partial charge in [-0.3, -0.25) is 14.3 Å². The Hall–Kier alpha value is -0.970. The minimum Gasteiger partial charge on any atom is -0.374 e. The fraction of sp³-hybridized carbons (Fsp3) is 0.467. The van der Waals surface area contributed by atoms with E-state index in [1.165, 1.54) is 27.5 Å². The molecular weight excluding hydrogens is 447 g/mol. The van der Waals surface area contributed by atoms with Gasteiger partial charge < -0.3 is 4.74 Å². The van der Waals surface area contributed by atoms with Gasteiger partial charge in [0.1, 0.15) is 20.5 Å². The van der Waals surface area contributed by atoms with Crippen LogP contribution >= 0.6 is 46.1 Å². The highest BCUT2D eigenvalue weighted by atomic mass is 35.5. The normalized spacial score (nSPS) is 13.9. The summed E-state index contributed by atoms with van der Waals surface area (Å²) in [5, 5.41) is 4.75. The number of hydrogen-bond acceptors (Lipinski definition) is 5. The largest absolute Gasteiger partial charge is 0.374 e. The van der Waals surface area contributed by atoms with Crippen LogP contribution in [0.1, 0.15) is 41.1 Å². The summed E-state index contributed by atoms with van der Waals surface area (Å²) < 4.78 is 33.6. The molecule has 0 spiro atoms. The highest BCUT2D eigenvalue weighted by Gasteiger charge is 2.36. The van der Waals surface area contributed by atoms with Crippen molar-refractivity contribution in [1.82, 2.24) is 14.8 Å². The number of amides is 1. The van der Waals surface area contributed by atoms with Crippen LogP contribution in [0.25, 0.3) is 0 Å². The number of halogens is 5. The van der Waals surface area contributed by atoms with E-state index < -0.39 is 30.2 Å². The van der Waals surface area contributed by atoms with Gasteiger partial charge >= 0.3 is 0 Å². The number of aromatic nitrogens is 2. The molecule has 0 aromatic carbocycles. The van der Waals surface area contributed by atoms with Crippen molar-refractivity contribution in [2.24, 2.45) is 7.05 Å². The SMILES string of the molecule is COC(c1c(Cl)sc(Cl)c1Cl)C(C)N(OC)C(=O)c1cn(C)nc1C(F)F. The third-order valence-corrected chi connectivity index (χ3v) is 6.08. The monoisotopic (exact) mass is 461 g/mol. The van der Waals surface area contributed by atoms with Crippen molar-refractivity contribution in [3.05, 3.63) is 36.7 Å². The summed E-state index contributed by atoms with van der Waals surface area (Å²) in [5.74, 6) is -0.802. The summed E-state index contributed by atoms with van der Waals surface area (Å²) >= 11 is 19.5. The van der Waals surface area contributed by atoms with Crippen LogP contribution in [0.15, 0.2) is 6.20 Å². The molecule has 0 saturated carbocycles. The Bertz CT molecular complexity index is 831. The number of aryl methyl sites for hydroxylation is 1. The molecule has 0 aliphatic rings. The van der Waals surface area contributed by atoms with Crippen molar-refractivity contribution >= 4 is 52.0 Å². The molecule has 2 rings (SSSR count). The molecule has 2 aromatic heterocycles. The van der Waals surface area contributed by atoms with E-state index in [1.807, 2.05) is 0 Å². The second-order valence-electron chi connectivity index (χ2n) is 5.49. The predicted octanol–water partition coefficient (Wildman–Crippen LogP) is 5.16. The molecule has 12 heteroatoms. The van der Waals surface area contributed by atoms with E-state index in [9.17, 15) is 13.6 Å². The Morgan fingerprint density at radius 2 is 1.93 bits per heavy atom. The van der Waals surface area contributed by atoms with Crippen molar-refractivity contribution in [1.29, 1.82) is 0 Å². The first-order chi connectivity index (χ1) is 12.6. The molecule has 27 heavy (non-hydrogen) atoms. The van der Waals surface area contributed by atoms with Gasteiger partial charge in [-0.2, -0.15) is 5.10 Å². The van der Waals surface area contributed by atoms with Gasteiger partial charge in [0.15, 0.2) is 0 Å². The maximum Gasteiger partial charge on any atom is 0.282 e. The molecule has 0 aliphatic heterocycles. The van der Waals surface area contributed by atoms with Crippen LogP contribution < -0.4 is 0 Å². The number of hydrogen-bond donors (Lipinski definition) is 0. The summed E-state index contributed by atoms with van der Waals surface area (Å²) in [6, 6.07) is -0.779. The topological polar surface area (TPSA) is 56.6 Å². The van der Waals surface area contributed by atoms with Crippen molar-refractivity contribution in [3.8, 4) is 0 Å². The Labute approximate surface area is 173 Å². The van der Waals surface area contributed by atoms with Crippen molar-refractivity contribution in [2.75, 3.05) is 14.2 Å². The number of alkyl halides is 2. The molecule has 2 heterocycles. The lowest BCUT2D eigenvalue weighted by molar-refractivity contribution is -0.148. The van der Waals surface area contributed by atoms with Gasteiger partial charge in [-0.1, -0.05) is 34.8 Å². The van der Waals surface area contributed by atoms with Gasteiger partial charge in [-0.25, -0.2) is 13.8 Å². The third-order valence-electron chi connectivity index (χ3n) is 3.84. The molecule has 0 fully saturated rings. The number of methoxy groups -OCH3 is 1. The molecule has 0 N–H and O–H groups in total. The number of ether oxygens (including phenoxy) is 1. The van der Waals surface area contributed by atoms with E-state index >= 15 is 0 Å². The molecule has 0 radical (unpaired) electrons. The lowest BCUT2D eigenvalue weighted by Crippen LogP contribution is -2.42. The third kappa shape index (κ3) is 4.38. The molecule has 2 unspecified atom stereocenters. The van der Waals surface area contributed by atoms with Gasteiger partial charge in [0.05, 0.1) is 23.7 Å². The molecule has 6 nitrogen and oxygen atoms in total. The fourth-order valence-corrected chi connectivity index (χ4v) is 4.66. The zero-order valence-electron chi connectivity index (χ0n) is 14.7. The minimum absolute atomic E-state index is 0.198. The number of hydroxylamine groups is 2. The standard InChI is InChI=1S/C15H16Cl3F2N3O3S/c1-6(11(25-3)8-9(16)13(18)27-12(8)17)23(26-4)15(24)7-5-22(2)21-10(7)14(19)20/h5-6,11,14H,1-4H3. The molecule has 0 bridgehead atoms. The number of carbonyl (C=O) groups excluding carboxylic acids is 1. The summed E-state index contributed by atoms with van der Waals surface area (Å²) in [5.41, 5.74) is -0.532. The Morgan fingerprint density at radius 3 is 2.37 bits per heavy atom. The first-order valence-electron chi connectivity index (χ1n) is 7.49. The molecule has 2 atom stereocenters. The van der Waals surface area contributed by atoms with Crippen LogP contribution in [0.3, 0.4) is 0 Å². The Kier molecular flexibility index (Phi) is 7.46. The lowest BCUT2D eigenvalue weighted by atomic mass is 10.1. The summed E-state index contributed by atoms with van der Waals surface area (Å²) in [6.45, 7) is 1.60. The molecule has 2 aromatic rings. The molecule has 150 valence electrons. The van der Waals surface area contributed by atoms with E-state index in [4.69, 9.17) is 44.4 Å². The van der Waals surface area contributed by atoms with E-state index in [0.717, 1.165) is 21.1 Å². The van der Waals surface area contributed by atoms with Gasteiger partial charge in [-0.05, 0) is 6.92 Å². The predicted molar refractivity (Wildman–Crippen MR) is 99.9 cm³/mol. The van der Waals surface area contributed by atoms with Gasteiger partial charge in [-0.15, -0.1) is 11.3 Å². The zero-order valence-corrected chi connectivity index (χ0v) is 17.8. The first-order valence-corrected chi connectivity index (χ1v) is 9.44. The molecule has 1 amide bonds. The van der Waals surface area contributed by atoms with Crippen LogP contribution in [0.4, 0.5) is 8.78 Å². The van der Waals surface area contributed by atoms with Crippen molar-refractivity contribution in [3.63, 3.8) is 0 Å². The van der Waals surface area contributed by atoms with Crippen LogP contribution in [0, 0.1) is 0 Å². The van der Waals surface area contributed by atoms with Gasteiger partial charge in [0, 0.05) is 25.9 Å². The quantitative estimate of drug-likeness (QED) is 0.533. The summed E-state index contributed by atoms with van der Waals surface area (Å²) in [7, 11) is 4.07. The van der Waals surface area contributed by atoms with Crippen molar-refractivity contribution in [2.45, 2.75) is 25.5 Å². The second-order valence-corrected chi connectivity index (χ2v) is 8.09. The average molecular weight is 463 g/mol. The Morgan fingerprint density at radius 1 is 1.30 bits per heavy atom. The Balaban J connectivity index is 2.42. The summed E-state index contributed by atoms with van der Waals surface area (Å²) in [6.07, 6.45) is -2.53. The van der Waals surface area contributed by atoms with Crippen LogP contribution in [0.2, 0.25) is 13.7 Å². The summed E-state index contributed by atoms with van der Waals surface area (Å²) in [4.78, 5) is 18.0.